The lowest BCUT2D eigenvalue weighted by Gasteiger charge is -2.19. The molecule has 0 radical (unpaired) electrons. The Morgan fingerprint density at radius 3 is 2.72 bits per heavy atom. The average molecular weight is 437 g/mol. The third kappa shape index (κ3) is 4.70. The van der Waals surface area contributed by atoms with Crippen LogP contribution < -0.4 is 9.54 Å². The van der Waals surface area contributed by atoms with E-state index < -0.39 is 5.91 Å². The van der Waals surface area contributed by atoms with Crippen molar-refractivity contribution in [1.29, 1.82) is 0 Å². The molecule has 0 spiro atoms. The molecule has 9 heteroatoms. The first kappa shape index (κ1) is 21.5. The van der Waals surface area contributed by atoms with Crippen LogP contribution in [0.3, 0.4) is 0 Å². The standard InChI is InChI=1S/C20H25ClN4O3S/c1-20(2,3)18-23-25(11-13-7-9-16(26)24(13)4)19(29-18)22-17(27)14-10-12(21)6-8-15(14)28-5/h6,8,10,13H,7,9,11H2,1-5H3/b22-19-/t13-/m0/s1. The molecule has 1 aliphatic heterocycles. The molecule has 0 aliphatic carbocycles. The number of hydrogen-bond acceptors (Lipinski definition) is 5. The number of hydrogen-bond donors (Lipinski definition) is 0. The molecule has 0 N–H and O–H groups in total. The summed E-state index contributed by atoms with van der Waals surface area (Å²) >= 11 is 7.44. The lowest BCUT2D eigenvalue weighted by molar-refractivity contribution is -0.127. The van der Waals surface area contributed by atoms with Gasteiger partial charge in [0.2, 0.25) is 10.7 Å². The molecule has 2 amide bonds. The van der Waals surface area contributed by atoms with Crippen LogP contribution in [0.2, 0.25) is 5.02 Å². The molecular weight excluding hydrogens is 412 g/mol. The second-order valence-corrected chi connectivity index (χ2v) is 9.47. The minimum atomic E-state index is -0.446. The number of halogens is 1. The van der Waals surface area contributed by atoms with Gasteiger partial charge in [-0.15, -0.1) is 0 Å². The predicted molar refractivity (Wildman–Crippen MR) is 112 cm³/mol. The summed E-state index contributed by atoms with van der Waals surface area (Å²) < 4.78 is 7.02. The van der Waals surface area contributed by atoms with Crippen LogP contribution in [0.1, 0.15) is 49.0 Å². The lowest BCUT2D eigenvalue weighted by atomic mass is 9.98. The summed E-state index contributed by atoms with van der Waals surface area (Å²) in [5.41, 5.74) is 0.111. The molecule has 1 fully saturated rings. The van der Waals surface area contributed by atoms with Crippen LogP contribution in [0.25, 0.3) is 0 Å². The number of amides is 2. The molecule has 1 atom stereocenters. The van der Waals surface area contributed by atoms with Crippen molar-refractivity contribution in [3.05, 3.63) is 38.6 Å². The maximum absolute atomic E-state index is 12.9. The molecule has 0 unspecified atom stereocenters. The van der Waals surface area contributed by atoms with Gasteiger partial charge in [0.25, 0.3) is 5.91 Å². The second-order valence-electron chi connectivity index (χ2n) is 8.08. The normalized spacial score (nSPS) is 17.9. The highest BCUT2D eigenvalue weighted by atomic mass is 35.5. The van der Waals surface area contributed by atoms with Gasteiger partial charge in [-0.25, -0.2) is 4.68 Å². The Bertz CT molecular complexity index is 1010. The van der Waals surface area contributed by atoms with Gasteiger partial charge in [0, 0.05) is 23.9 Å². The van der Waals surface area contributed by atoms with Crippen molar-refractivity contribution in [1.82, 2.24) is 14.7 Å². The Balaban J connectivity index is 2.03. The molecule has 29 heavy (non-hydrogen) atoms. The van der Waals surface area contributed by atoms with E-state index in [0.29, 0.717) is 34.1 Å². The summed E-state index contributed by atoms with van der Waals surface area (Å²) in [5, 5.41) is 6.01. The Kier molecular flexibility index (Phi) is 6.14. The van der Waals surface area contributed by atoms with Gasteiger partial charge >= 0.3 is 0 Å². The maximum Gasteiger partial charge on any atom is 0.283 e. The summed E-state index contributed by atoms with van der Waals surface area (Å²) in [6, 6.07) is 4.89. The second kappa shape index (κ2) is 8.28. The predicted octanol–water partition coefficient (Wildman–Crippen LogP) is 3.27. The molecule has 0 saturated carbocycles. The Morgan fingerprint density at radius 1 is 1.41 bits per heavy atom. The molecule has 156 valence electrons. The number of benzene rings is 1. The third-order valence-corrected chi connectivity index (χ3v) is 6.47. The summed E-state index contributed by atoms with van der Waals surface area (Å²) in [6.07, 6.45) is 1.29. The van der Waals surface area contributed by atoms with Crippen molar-refractivity contribution in [2.45, 2.75) is 51.6 Å². The van der Waals surface area contributed by atoms with Crippen LogP contribution >= 0.6 is 22.9 Å². The molecule has 1 aromatic heterocycles. The minimum absolute atomic E-state index is 0.0344. The van der Waals surface area contributed by atoms with E-state index in [1.807, 2.05) is 0 Å². The zero-order valence-corrected chi connectivity index (χ0v) is 18.8. The van der Waals surface area contributed by atoms with Crippen LogP contribution in [0.4, 0.5) is 0 Å². The molecule has 1 saturated heterocycles. The smallest absolute Gasteiger partial charge is 0.283 e. The number of nitrogens with zero attached hydrogens (tertiary/aromatic N) is 4. The summed E-state index contributed by atoms with van der Waals surface area (Å²) in [6.45, 7) is 6.68. The van der Waals surface area contributed by atoms with Crippen molar-refractivity contribution in [2.24, 2.45) is 4.99 Å². The molecule has 7 nitrogen and oxygen atoms in total. The minimum Gasteiger partial charge on any atom is -0.496 e. The van der Waals surface area contributed by atoms with Gasteiger partial charge in [-0.2, -0.15) is 10.1 Å². The molecule has 2 heterocycles. The van der Waals surface area contributed by atoms with E-state index in [2.05, 4.69) is 25.8 Å². The Hall–Kier alpha value is -2.19. The topological polar surface area (TPSA) is 76.8 Å². The molecule has 2 aromatic rings. The monoisotopic (exact) mass is 436 g/mol. The van der Waals surface area contributed by atoms with Crippen molar-refractivity contribution in [2.75, 3.05) is 14.2 Å². The van der Waals surface area contributed by atoms with Crippen molar-refractivity contribution in [3.8, 4) is 5.75 Å². The summed E-state index contributed by atoms with van der Waals surface area (Å²) in [5.74, 6) is 0.0922. The van der Waals surface area contributed by atoms with Crippen LogP contribution in [0.5, 0.6) is 5.75 Å². The fourth-order valence-electron chi connectivity index (χ4n) is 3.09. The Morgan fingerprint density at radius 2 is 2.14 bits per heavy atom. The zero-order chi connectivity index (χ0) is 21.3. The molecule has 1 aromatic carbocycles. The van der Waals surface area contributed by atoms with Gasteiger partial charge < -0.3 is 9.64 Å². The molecule has 1 aliphatic rings. The Labute approximate surface area is 179 Å². The van der Waals surface area contributed by atoms with Gasteiger partial charge in [-0.3, -0.25) is 9.59 Å². The summed E-state index contributed by atoms with van der Waals surface area (Å²) in [4.78, 5) is 31.4. The first-order valence-electron chi connectivity index (χ1n) is 9.37. The first-order valence-corrected chi connectivity index (χ1v) is 10.6. The number of carbonyl (C=O) groups excluding carboxylic acids is 2. The van der Waals surface area contributed by atoms with Crippen LogP contribution in [-0.4, -0.2) is 46.7 Å². The van der Waals surface area contributed by atoms with E-state index in [1.54, 1.807) is 34.8 Å². The van der Waals surface area contributed by atoms with Gasteiger partial charge in [0.05, 0.1) is 25.3 Å². The highest BCUT2D eigenvalue weighted by molar-refractivity contribution is 7.09. The number of likely N-dealkylation sites (tertiary alicyclic amines) is 1. The highest BCUT2D eigenvalue weighted by Gasteiger charge is 2.29. The fraction of sp³-hybridized carbons (Fsp3) is 0.500. The van der Waals surface area contributed by atoms with Gasteiger partial charge in [0.1, 0.15) is 10.8 Å². The SMILES string of the molecule is COc1ccc(Cl)cc1C(=O)/N=c1\sc(C(C)(C)C)nn1C[C@@H]1CCC(=O)N1C. The maximum atomic E-state index is 12.9. The van der Waals surface area contributed by atoms with Crippen LogP contribution in [0, 0.1) is 0 Å². The van der Waals surface area contributed by atoms with Crippen molar-refractivity contribution < 1.29 is 14.3 Å². The van der Waals surface area contributed by atoms with Crippen molar-refractivity contribution >= 4 is 34.8 Å². The number of methoxy groups -OCH3 is 1. The lowest BCUT2D eigenvalue weighted by Crippen LogP contribution is -2.35. The van der Waals surface area contributed by atoms with E-state index in [9.17, 15) is 9.59 Å². The van der Waals surface area contributed by atoms with Crippen LogP contribution in [-0.2, 0) is 16.8 Å². The third-order valence-electron chi connectivity index (χ3n) is 4.87. The van der Waals surface area contributed by atoms with E-state index in [-0.39, 0.29) is 17.4 Å². The largest absolute Gasteiger partial charge is 0.496 e. The van der Waals surface area contributed by atoms with Crippen LogP contribution in [0.15, 0.2) is 23.2 Å². The van der Waals surface area contributed by atoms with E-state index in [0.717, 1.165) is 11.4 Å². The molecular formula is C20H25ClN4O3S. The fourth-order valence-corrected chi connectivity index (χ4v) is 4.23. The number of aromatic nitrogens is 2. The van der Waals surface area contributed by atoms with Gasteiger partial charge in [-0.1, -0.05) is 43.7 Å². The first-order chi connectivity index (χ1) is 13.6. The van der Waals surface area contributed by atoms with Crippen molar-refractivity contribution in [3.63, 3.8) is 0 Å². The van der Waals surface area contributed by atoms with E-state index >= 15 is 0 Å². The number of likely N-dealkylation sites (N-methyl/N-ethyl adjacent to an activating group) is 1. The highest BCUT2D eigenvalue weighted by Crippen LogP contribution is 2.25. The number of rotatable bonds is 4. The van der Waals surface area contributed by atoms with Gasteiger partial charge in [0.15, 0.2) is 0 Å². The summed E-state index contributed by atoms with van der Waals surface area (Å²) in [7, 11) is 3.30. The number of ether oxygens (including phenoxy) is 1. The quantitative estimate of drug-likeness (QED) is 0.737. The van der Waals surface area contributed by atoms with E-state index in [4.69, 9.17) is 21.4 Å². The molecule has 0 bridgehead atoms. The average Bonchev–Trinajstić information content (AvgIpc) is 3.20. The van der Waals surface area contributed by atoms with Gasteiger partial charge in [-0.05, 0) is 24.6 Å². The van der Waals surface area contributed by atoms with E-state index in [1.165, 1.54) is 18.4 Å². The molecule has 3 rings (SSSR count). The zero-order valence-electron chi connectivity index (χ0n) is 17.2. The number of carbonyl (C=O) groups is 2.